The Morgan fingerprint density at radius 2 is 1.75 bits per heavy atom. The largest absolute Gasteiger partial charge is 0.378 e. The van der Waals surface area contributed by atoms with Gasteiger partial charge in [-0.25, -0.2) is 0 Å². The van der Waals surface area contributed by atoms with E-state index in [0.29, 0.717) is 6.54 Å². The Kier molecular flexibility index (Phi) is 5.71. The Labute approximate surface area is 143 Å². The first-order valence-electron chi connectivity index (χ1n) is 8.70. The van der Waals surface area contributed by atoms with Gasteiger partial charge in [-0.3, -0.25) is 9.69 Å². The van der Waals surface area contributed by atoms with Gasteiger partial charge in [0, 0.05) is 37.6 Å². The lowest BCUT2D eigenvalue weighted by Crippen LogP contribution is -2.48. The number of nitrogens with zero attached hydrogens (tertiary/aromatic N) is 2. The molecule has 1 amide bonds. The fourth-order valence-electron chi connectivity index (χ4n) is 3.39. The van der Waals surface area contributed by atoms with Crippen molar-refractivity contribution in [2.45, 2.75) is 26.1 Å². The van der Waals surface area contributed by atoms with Crippen LogP contribution in [0.4, 0.5) is 11.4 Å². The number of amides is 1. The average Bonchev–Trinajstić information content (AvgIpc) is 2.55. The SMILES string of the molecule is C[C@@H]1CN(CC(=O)Nc2ccc(N3CCOCC3)cc2)C[C@H](C)O1. The summed E-state index contributed by atoms with van der Waals surface area (Å²) in [5, 5.41) is 2.98. The summed E-state index contributed by atoms with van der Waals surface area (Å²) in [7, 11) is 0. The third kappa shape index (κ3) is 4.69. The number of benzene rings is 1. The van der Waals surface area contributed by atoms with Crippen molar-refractivity contribution in [3.8, 4) is 0 Å². The van der Waals surface area contributed by atoms with Gasteiger partial charge in [0.1, 0.15) is 0 Å². The first-order chi connectivity index (χ1) is 11.6. The molecule has 2 atom stereocenters. The predicted molar refractivity (Wildman–Crippen MR) is 94.6 cm³/mol. The minimum Gasteiger partial charge on any atom is -0.378 e. The van der Waals surface area contributed by atoms with Crippen molar-refractivity contribution in [3.05, 3.63) is 24.3 Å². The maximum Gasteiger partial charge on any atom is 0.238 e. The van der Waals surface area contributed by atoms with Crippen molar-refractivity contribution in [3.63, 3.8) is 0 Å². The van der Waals surface area contributed by atoms with Crippen molar-refractivity contribution >= 4 is 17.3 Å². The van der Waals surface area contributed by atoms with E-state index in [0.717, 1.165) is 45.1 Å². The molecule has 132 valence electrons. The molecule has 6 heteroatoms. The second-order valence-corrected chi connectivity index (χ2v) is 6.65. The molecule has 0 bridgehead atoms. The van der Waals surface area contributed by atoms with Crippen LogP contribution in [0.1, 0.15) is 13.8 Å². The summed E-state index contributed by atoms with van der Waals surface area (Å²) in [5.41, 5.74) is 2.01. The van der Waals surface area contributed by atoms with Gasteiger partial charge in [0.05, 0.1) is 32.0 Å². The van der Waals surface area contributed by atoms with Crippen molar-refractivity contribution in [2.24, 2.45) is 0 Å². The van der Waals surface area contributed by atoms with Crippen LogP contribution in [-0.2, 0) is 14.3 Å². The van der Waals surface area contributed by atoms with E-state index >= 15 is 0 Å². The van der Waals surface area contributed by atoms with E-state index in [2.05, 4.69) is 27.2 Å². The van der Waals surface area contributed by atoms with Gasteiger partial charge in [0.2, 0.25) is 5.91 Å². The zero-order valence-electron chi connectivity index (χ0n) is 14.5. The number of anilines is 2. The van der Waals surface area contributed by atoms with Crippen molar-refractivity contribution in [1.29, 1.82) is 0 Å². The average molecular weight is 333 g/mol. The normalized spacial score (nSPS) is 25.5. The number of nitrogens with one attached hydrogen (secondary N) is 1. The summed E-state index contributed by atoms with van der Waals surface area (Å²) in [5.74, 6) is 0.0235. The molecule has 2 heterocycles. The predicted octanol–water partition coefficient (Wildman–Crippen LogP) is 1.57. The summed E-state index contributed by atoms with van der Waals surface area (Å²) in [6.45, 7) is 9.47. The van der Waals surface area contributed by atoms with Crippen LogP contribution in [0.3, 0.4) is 0 Å². The minimum atomic E-state index is 0.0235. The van der Waals surface area contributed by atoms with Crippen LogP contribution in [-0.4, -0.2) is 69.0 Å². The molecule has 2 saturated heterocycles. The Morgan fingerprint density at radius 1 is 1.12 bits per heavy atom. The van der Waals surface area contributed by atoms with E-state index in [9.17, 15) is 4.79 Å². The van der Waals surface area contributed by atoms with Crippen molar-refractivity contribution in [1.82, 2.24) is 4.90 Å². The summed E-state index contributed by atoms with van der Waals surface area (Å²) < 4.78 is 11.1. The van der Waals surface area contributed by atoms with E-state index in [1.54, 1.807) is 0 Å². The van der Waals surface area contributed by atoms with Crippen LogP contribution in [0.25, 0.3) is 0 Å². The molecule has 1 aromatic rings. The third-order valence-corrected chi connectivity index (χ3v) is 4.39. The molecular formula is C18H27N3O3. The number of morpholine rings is 2. The molecular weight excluding hydrogens is 306 g/mol. The van der Waals surface area contributed by atoms with Gasteiger partial charge in [0.15, 0.2) is 0 Å². The summed E-state index contributed by atoms with van der Waals surface area (Å²) in [6, 6.07) is 8.04. The summed E-state index contributed by atoms with van der Waals surface area (Å²) >= 11 is 0. The molecule has 6 nitrogen and oxygen atoms in total. The highest BCUT2D eigenvalue weighted by Crippen LogP contribution is 2.19. The number of carbonyl (C=O) groups excluding carboxylic acids is 1. The highest BCUT2D eigenvalue weighted by molar-refractivity contribution is 5.92. The first kappa shape index (κ1) is 17.2. The third-order valence-electron chi connectivity index (χ3n) is 4.39. The van der Waals surface area contributed by atoms with Gasteiger partial charge >= 0.3 is 0 Å². The fraction of sp³-hybridized carbons (Fsp3) is 0.611. The molecule has 0 radical (unpaired) electrons. The van der Waals surface area contributed by atoms with Gasteiger partial charge < -0.3 is 19.7 Å². The summed E-state index contributed by atoms with van der Waals surface area (Å²) in [6.07, 6.45) is 0.351. The molecule has 1 aromatic carbocycles. The molecule has 24 heavy (non-hydrogen) atoms. The number of carbonyl (C=O) groups is 1. The van der Waals surface area contributed by atoms with Crippen LogP contribution in [0, 0.1) is 0 Å². The highest BCUT2D eigenvalue weighted by atomic mass is 16.5. The molecule has 3 rings (SSSR count). The smallest absolute Gasteiger partial charge is 0.238 e. The lowest BCUT2D eigenvalue weighted by molar-refractivity contribution is -0.121. The van der Waals surface area contributed by atoms with Crippen LogP contribution in [0.15, 0.2) is 24.3 Å². The topological polar surface area (TPSA) is 54.0 Å². The molecule has 1 N–H and O–H groups in total. The van der Waals surface area contributed by atoms with Gasteiger partial charge in [-0.15, -0.1) is 0 Å². The van der Waals surface area contributed by atoms with Crippen LogP contribution in [0.5, 0.6) is 0 Å². The molecule has 2 fully saturated rings. The van der Waals surface area contributed by atoms with Gasteiger partial charge in [0.25, 0.3) is 0 Å². The number of ether oxygens (including phenoxy) is 2. The minimum absolute atomic E-state index is 0.0235. The van der Waals surface area contributed by atoms with Crippen molar-refractivity contribution in [2.75, 3.05) is 56.2 Å². The molecule has 0 aliphatic carbocycles. The molecule has 0 saturated carbocycles. The fourth-order valence-corrected chi connectivity index (χ4v) is 3.39. The lowest BCUT2D eigenvalue weighted by atomic mass is 10.2. The van der Waals surface area contributed by atoms with Gasteiger partial charge in [-0.1, -0.05) is 0 Å². The molecule has 0 unspecified atom stereocenters. The quantitative estimate of drug-likeness (QED) is 0.906. The van der Waals surface area contributed by atoms with Crippen LogP contribution < -0.4 is 10.2 Å². The first-order valence-corrected chi connectivity index (χ1v) is 8.70. The van der Waals surface area contributed by atoms with Crippen LogP contribution >= 0.6 is 0 Å². The standard InChI is InChI=1S/C18H27N3O3/c1-14-11-20(12-15(2)24-14)13-18(22)19-16-3-5-17(6-4-16)21-7-9-23-10-8-21/h3-6,14-15H,7-13H2,1-2H3,(H,19,22)/t14-,15+. The molecule has 0 aromatic heterocycles. The number of hydrogen-bond donors (Lipinski definition) is 1. The number of rotatable bonds is 4. The Hall–Kier alpha value is -1.63. The monoisotopic (exact) mass is 333 g/mol. The molecule has 2 aliphatic heterocycles. The highest BCUT2D eigenvalue weighted by Gasteiger charge is 2.23. The van der Waals surface area contributed by atoms with Crippen molar-refractivity contribution < 1.29 is 14.3 Å². The second kappa shape index (κ2) is 7.96. The van der Waals surface area contributed by atoms with E-state index < -0.39 is 0 Å². The maximum atomic E-state index is 12.3. The number of hydrogen-bond acceptors (Lipinski definition) is 5. The Balaban J connectivity index is 1.50. The van der Waals surface area contributed by atoms with Crippen LogP contribution in [0.2, 0.25) is 0 Å². The molecule has 0 spiro atoms. The van der Waals surface area contributed by atoms with E-state index in [-0.39, 0.29) is 18.1 Å². The second-order valence-electron chi connectivity index (χ2n) is 6.65. The molecule has 2 aliphatic rings. The van der Waals surface area contributed by atoms with E-state index in [1.807, 2.05) is 26.0 Å². The summed E-state index contributed by atoms with van der Waals surface area (Å²) in [4.78, 5) is 16.7. The van der Waals surface area contributed by atoms with E-state index in [1.165, 1.54) is 5.69 Å². The van der Waals surface area contributed by atoms with Gasteiger partial charge in [-0.05, 0) is 38.1 Å². The lowest BCUT2D eigenvalue weighted by Gasteiger charge is -2.34. The van der Waals surface area contributed by atoms with E-state index in [4.69, 9.17) is 9.47 Å². The zero-order chi connectivity index (χ0) is 16.9. The maximum absolute atomic E-state index is 12.3. The Bertz CT molecular complexity index is 533. The zero-order valence-corrected chi connectivity index (χ0v) is 14.5. The van der Waals surface area contributed by atoms with Gasteiger partial charge in [-0.2, -0.15) is 0 Å². The Morgan fingerprint density at radius 3 is 2.38 bits per heavy atom.